The normalized spacial score (nSPS) is 10.0. The largest absolute Gasteiger partial charge is 0.465 e. The van der Waals surface area contributed by atoms with Gasteiger partial charge in [-0.25, -0.2) is 9.18 Å². The maximum atomic E-state index is 13.5. The van der Waals surface area contributed by atoms with Crippen LogP contribution in [0.25, 0.3) is 0 Å². The molecule has 0 spiro atoms. The molecule has 108 valence electrons. The van der Waals surface area contributed by atoms with E-state index in [2.05, 4.69) is 15.0 Å². The fourth-order valence-electron chi connectivity index (χ4n) is 1.80. The summed E-state index contributed by atoms with van der Waals surface area (Å²) in [7, 11) is 1.29. The summed E-state index contributed by atoms with van der Waals surface area (Å²) in [4.78, 5) is 27.0. The molecule has 0 radical (unpaired) electrons. The second kappa shape index (κ2) is 6.13. The van der Waals surface area contributed by atoms with Crippen LogP contribution in [0, 0.1) is 12.7 Å². The van der Waals surface area contributed by atoms with E-state index in [4.69, 9.17) is 0 Å². The molecule has 1 heterocycles. The molecular formula is C15H13FN2O3. The lowest BCUT2D eigenvalue weighted by Gasteiger charge is -2.10. The summed E-state index contributed by atoms with van der Waals surface area (Å²) in [5, 5.41) is 2.59. The lowest BCUT2D eigenvalue weighted by Crippen LogP contribution is -2.15. The van der Waals surface area contributed by atoms with Crippen LogP contribution < -0.4 is 5.32 Å². The SMILES string of the molecule is COC(=O)c1ccc(NC(=O)c2ccncc2F)c(C)c1. The Labute approximate surface area is 120 Å². The summed E-state index contributed by atoms with van der Waals surface area (Å²) in [6.07, 6.45) is 2.31. The zero-order valence-corrected chi connectivity index (χ0v) is 11.5. The van der Waals surface area contributed by atoms with Gasteiger partial charge in [-0.3, -0.25) is 9.78 Å². The number of esters is 1. The van der Waals surface area contributed by atoms with Gasteiger partial charge in [-0.2, -0.15) is 0 Å². The highest BCUT2D eigenvalue weighted by atomic mass is 19.1. The van der Waals surface area contributed by atoms with Gasteiger partial charge in [0, 0.05) is 11.9 Å². The number of anilines is 1. The molecule has 0 aliphatic rings. The van der Waals surface area contributed by atoms with E-state index < -0.39 is 17.7 Å². The van der Waals surface area contributed by atoms with Crippen molar-refractivity contribution in [2.45, 2.75) is 6.92 Å². The van der Waals surface area contributed by atoms with E-state index in [-0.39, 0.29) is 5.56 Å². The Kier molecular flexibility index (Phi) is 4.27. The average Bonchev–Trinajstić information content (AvgIpc) is 2.48. The zero-order valence-electron chi connectivity index (χ0n) is 11.5. The number of benzene rings is 1. The second-order valence-corrected chi connectivity index (χ2v) is 4.33. The Morgan fingerprint density at radius 1 is 1.29 bits per heavy atom. The highest BCUT2D eigenvalue weighted by Crippen LogP contribution is 2.18. The van der Waals surface area contributed by atoms with Gasteiger partial charge in [0.25, 0.3) is 5.91 Å². The number of ether oxygens (including phenoxy) is 1. The Bertz CT molecular complexity index is 701. The predicted octanol–water partition coefficient (Wildman–Crippen LogP) is 2.57. The minimum atomic E-state index is -0.696. The monoisotopic (exact) mass is 288 g/mol. The number of aryl methyl sites for hydroxylation is 1. The molecule has 1 N–H and O–H groups in total. The Hall–Kier alpha value is -2.76. The number of amides is 1. The van der Waals surface area contributed by atoms with Crippen molar-refractivity contribution in [3.8, 4) is 0 Å². The molecule has 0 fully saturated rings. The first kappa shape index (κ1) is 14.6. The van der Waals surface area contributed by atoms with Crippen LogP contribution in [-0.4, -0.2) is 24.0 Å². The smallest absolute Gasteiger partial charge is 0.337 e. The first-order valence-electron chi connectivity index (χ1n) is 6.12. The third-order valence-corrected chi connectivity index (χ3v) is 2.91. The number of nitrogens with one attached hydrogen (secondary N) is 1. The van der Waals surface area contributed by atoms with Gasteiger partial charge in [0.2, 0.25) is 0 Å². The maximum absolute atomic E-state index is 13.5. The van der Waals surface area contributed by atoms with Gasteiger partial charge in [-0.05, 0) is 36.8 Å². The van der Waals surface area contributed by atoms with Crippen molar-refractivity contribution < 1.29 is 18.7 Å². The molecule has 1 aromatic heterocycles. The van der Waals surface area contributed by atoms with E-state index in [1.54, 1.807) is 19.1 Å². The maximum Gasteiger partial charge on any atom is 0.337 e. The van der Waals surface area contributed by atoms with E-state index in [1.165, 1.54) is 25.4 Å². The number of carbonyl (C=O) groups excluding carboxylic acids is 2. The minimum Gasteiger partial charge on any atom is -0.465 e. The summed E-state index contributed by atoms with van der Waals surface area (Å²) in [5.41, 5.74) is 1.44. The predicted molar refractivity (Wildman–Crippen MR) is 74.7 cm³/mol. The van der Waals surface area contributed by atoms with Crippen molar-refractivity contribution in [2.24, 2.45) is 0 Å². The number of nitrogens with zero attached hydrogens (tertiary/aromatic N) is 1. The lowest BCUT2D eigenvalue weighted by atomic mass is 10.1. The summed E-state index contributed by atoms with van der Waals surface area (Å²) < 4.78 is 18.1. The zero-order chi connectivity index (χ0) is 15.4. The molecule has 0 saturated carbocycles. The van der Waals surface area contributed by atoms with Crippen LogP contribution in [0.1, 0.15) is 26.3 Å². The minimum absolute atomic E-state index is 0.0959. The van der Waals surface area contributed by atoms with Crippen molar-refractivity contribution in [1.29, 1.82) is 0 Å². The van der Waals surface area contributed by atoms with E-state index in [0.29, 0.717) is 16.8 Å². The molecule has 0 aliphatic carbocycles. The Morgan fingerprint density at radius 2 is 2.05 bits per heavy atom. The molecule has 0 saturated heterocycles. The van der Waals surface area contributed by atoms with E-state index in [1.807, 2.05) is 0 Å². The molecular weight excluding hydrogens is 275 g/mol. The first-order chi connectivity index (χ1) is 10.0. The molecule has 6 heteroatoms. The first-order valence-corrected chi connectivity index (χ1v) is 6.12. The fourth-order valence-corrected chi connectivity index (χ4v) is 1.80. The van der Waals surface area contributed by atoms with E-state index >= 15 is 0 Å². The number of hydrogen-bond donors (Lipinski definition) is 1. The van der Waals surface area contributed by atoms with Gasteiger partial charge < -0.3 is 10.1 Å². The van der Waals surface area contributed by atoms with Crippen LogP contribution in [0.15, 0.2) is 36.7 Å². The van der Waals surface area contributed by atoms with Crippen LogP contribution >= 0.6 is 0 Å². The summed E-state index contributed by atoms with van der Waals surface area (Å²) in [6, 6.07) is 5.98. The highest BCUT2D eigenvalue weighted by Gasteiger charge is 2.13. The van der Waals surface area contributed by atoms with Gasteiger partial charge >= 0.3 is 5.97 Å². The quantitative estimate of drug-likeness (QED) is 0.881. The van der Waals surface area contributed by atoms with E-state index in [9.17, 15) is 14.0 Å². The number of hydrogen-bond acceptors (Lipinski definition) is 4. The van der Waals surface area contributed by atoms with Crippen molar-refractivity contribution in [3.63, 3.8) is 0 Å². The van der Waals surface area contributed by atoms with Crippen molar-refractivity contribution in [3.05, 3.63) is 59.2 Å². The van der Waals surface area contributed by atoms with Crippen LogP contribution in [0.4, 0.5) is 10.1 Å². The molecule has 2 aromatic rings. The number of halogens is 1. The number of aromatic nitrogens is 1. The van der Waals surface area contributed by atoms with Gasteiger partial charge in [0.1, 0.15) is 0 Å². The summed E-state index contributed by atoms with van der Waals surface area (Å²) in [6.45, 7) is 1.73. The molecule has 21 heavy (non-hydrogen) atoms. The topological polar surface area (TPSA) is 68.3 Å². The number of pyridine rings is 1. The average molecular weight is 288 g/mol. The third-order valence-electron chi connectivity index (χ3n) is 2.91. The van der Waals surface area contributed by atoms with Crippen LogP contribution in [0.5, 0.6) is 0 Å². The van der Waals surface area contributed by atoms with Crippen molar-refractivity contribution in [2.75, 3.05) is 12.4 Å². The third kappa shape index (κ3) is 3.22. The van der Waals surface area contributed by atoms with E-state index in [0.717, 1.165) is 6.20 Å². The molecule has 0 bridgehead atoms. The second-order valence-electron chi connectivity index (χ2n) is 4.33. The summed E-state index contributed by atoms with van der Waals surface area (Å²) >= 11 is 0. The van der Waals surface area contributed by atoms with Crippen molar-refractivity contribution in [1.82, 2.24) is 4.98 Å². The van der Waals surface area contributed by atoms with Crippen LogP contribution in [-0.2, 0) is 4.74 Å². The number of rotatable bonds is 3. The molecule has 2 rings (SSSR count). The van der Waals surface area contributed by atoms with Gasteiger partial charge in [-0.1, -0.05) is 0 Å². The molecule has 1 amide bonds. The number of methoxy groups -OCH3 is 1. The van der Waals surface area contributed by atoms with Gasteiger partial charge in [0.15, 0.2) is 5.82 Å². The van der Waals surface area contributed by atoms with Crippen LogP contribution in [0.3, 0.4) is 0 Å². The highest BCUT2D eigenvalue weighted by molar-refractivity contribution is 6.05. The molecule has 0 unspecified atom stereocenters. The van der Waals surface area contributed by atoms with Crippen LogP contribution in [0.2, 0.25) is 0 Å². The molecule has 0 aliphatic heterocycles. The standard InChI is InChI=1S/C15H13FN2O3/c1-9-7-10(15(20)21-2)3-4-13(9)18-14(19)11-5-6-17-8-12(11)16/h3-8H,1-2H3,(H,18,19). The molecule has 5 nitrogen and oxygen atoms in total. The number of carbonyl (C=O) groups is 2. The molecule has 1 aromatic carbocycles. The Morgan fingerprint density at radius 3 is 2.67 bits per heavy atom. The van der Waals surface area contributed by atoms with Gasteiger partial charge in [0.05, 0.1) is 24.4 Å². The lowest BCUT2D eigenvalue weighted by molar-refractivity contribution is 0.0600. The molecule has 0 atom stereocenters. The Balaban J connectivity index is 2.22. The fraction of sp³-hybridized carbons (Fsp3) is 0.133. The summed E-state index contributed by atoms with van der Waals surface area (Å²) in [5.74, 6) is -1.74. The van der Waals surface area contributed by atoms with Crippen molar-refractivity contribution >= 4 is 17.6 Å². The van der Waals surface area contributed by atoms with Gasteiger partial charge in [-0.15, -0.1) is 0 Å².